The zero-order chi connectivity index (χ0) is 9.26. The first-order valence-electron chi connectivity index (χ1n) is 3.36. The van der Waals surface area contributed by atoms with Gasteiger partial charge in [-0.05, 0) is 28.1 Å². The molecule has 0 bridgehead atoms. The van der Waals surface area contributed by atoms with Crippen LogP contribution in [0.3, 0.4) is 0 Å². The maximum Gasteiger partial charge on any atom is 0.285 e. The summed E-state index contributed by atoms with van der Waals surface area (Å²) in [4.78, 5) is 4.45. The van der Waals surface area contributed by atoms with Crippen molar-refractivity contribution in [3.8, 4) is 11.6 Å². The molecule has 66 valence electrons. The molecule has 0 atom stereocenters. The minimum atomic E-state index is 0.354. The highest BCUT2D eigenvalue weighted by molar-refractivity contribution is 9.10. The maximum absolute atomic E-state index is 5.13. The Kier molecular flexibility index (Phi) is 2.41. The summed E-state index contributed by atoms with van der Waals surface area (Å²) in [6.45, 7) is 0. The lowest BCUT2D eigenvalue weighted by molar-refractivity contribution is 0.538. The molecule has 0 saturated carbocycles. The molecule has 0 aromatic carbocycles. The molecule has 2 heterocycles. The van der Waals surface area contributed by atoms with Gasteiger partial charge in [0.1, 0.15) is 5.69 Å². The quantitative estimate of drug-likeness (QED) is 0.813. The first-order chi connectivity index (χ1) is 6.25. The molecule has 0 N–H and O–H groups in total. The fourth-order valence-electron chi connectivity index (χ4n) is 0.811. The summed E-state index contributed by atoms with van der Waals surface area (Å²) in [5.74, 6) is 0.402. The van der Waals surface area contributed by atoms with E-state index in [4.69, 9.17) is 4.42 Å². The van der Waals surface area contributed by atoms with E-state index in [1.807, 2.05) is 6.07 Å². The van der Waals surface area contributed by atoms with E-state index in [0.29, 0.717) is 16.4 Å². The molecular formula is C7H3Br2N3O. The second-order valence-corrected chi connectivity index (χ2v) is 3.82. The van der Waals surface area contributed by atoms with Gasteiger partial charge in [-0.1, -0.05) is 0 Å². The Morgan fingerprint density at radius 2 is 2.00 bits per heavy atom. The molecule has 0 amide bonds. The van der Waals surface area contributed by atoms with Crippen molar-refractivity contribution >= 4 is 31.9 Å². The fourth-order valence-corrected chi connectivity index (χ4v) is 1.28. The molecular weight excluding hydrogens is 302 g/mol. The van der Waals surface area contributed by atoms with Gasteiger partial charge in [0.05, 0.1) is 0 Å². The Morgan fingerprint density at radius 1 is 1.15 bits per heavy atom. The van der Waals surface area contributed by atoms with Crippen LogP contribution in [0.1, 0.15) is 0 Å². The Morgan fingerprint density at radius 3 is 2.54 bits per heavy atom. The van der Waals surface area contributed by atoms with Gasteiger partial charge in [0, 0.05) is 26.6 Å². The van der Waals surface area contributed by atoms with Crippen LogP contribution in [0, 0.1) is 0 Å². The topological polar surface area (TPSA) is 51.8 Å². The van der Waals surface area contributed by atoms with E-state index in [0.717, 1.165) is 4.47 Å². The Labute approximate surface area is 90.6 Å². The van der Waals surface area contributed by atoms with Gasteiger partial charge < -0.3 is 4.42 Å². The Balaban J connectivity index is 2.41. The first-order valence-corrected chi connectivity index (χ1v) is 4.95. The normalized spacial score (nSPS) is 10.3. The molecule has 0 fully saturated rings. The van der Waals surface area contributed by atoms with E-state index in [2.05, 4.69) is 47.0 Å². The number of rotatable bonds is 1. The van der Waals surface area contributed by atoms with Crippen LogP contribution >= 0.6 is 31.9 Å². The minimum Gasteiger partial charge on any atom is -0.409 e. The van der Waals surface area contributed by atoms with Gasteiger partial charge in [0.15, 0.2) is 0 Å². The predicted octanol–water partition coefficient (Wildman–Crippen LogP) is 2.66. The van der Waals surface area contributed by atoms with E-state index in [9.17, 15) is 0 Å². The van der Waals surface area contributed by atoms with Crippen molar-refractivity contribution in [2.24, 2.45) is 0 Å². The lowest BCUT2D eigenvalue weighted by Gasteiger charge is -1.92. The molecule has 0 spiro atoms. The summed E-state index contributed by atoms with van der Waals surface area (Å²) in [6.07, 6.45) is 1.67. The van der Waals surface area contributed by atoms with Gasteiger partial charge in [0.25, 0.3) is 10.7 Å². The molecule has 2 aromatic rings. The standard InChI is InChI=1S/C7H3Br2N3O/c8-4-1-2-5(10-3-4)6-11-12-7(9)13-6/h1-3H. The summed E-state index contributed by atoms with van der Waals surface area (Å²) in [7, 11) is 0. The highest BCUT2D eigenvalue weighted by Gasteiger charge is 2.06. The van der Waals surface area contributed by atoms with Crippen LogP contribution in [0.25, 0.3) is 11.6 Å². The van der Waals surface area contributed by atoms with Crippen molar-refractivity contribution in [1.82, 2.24) is 15.2 Å². The Hall–Kier alpha value is -0.750. The third-order valence-electron chi connectivity index (χ3n) is 1.35. The summed E-state index contributed by atoms with van der Waals surface area (Å²) in [5, 5.41) is 7.44. The fraction of sp³-hybridized carbons (Fsp3) is 0. The van der Waals surface area contributed by atoms with Gasteiger partial charge in [-0.3, -0.25) is 0 Å². The van der Waals surface area contributed by atoms with Gasteiger partial charge in [-0.15, -0.1) is 10.2 Å². The predicted molar refractivity (Wildman–Crippen MR) is 52.9 cm³/mol. The summed E-state index contributed by atoms with van der Waals surface area (Å²) in [5.41, 5.74) is 0.654. The van der Waals surface area contributed by atoms with Crippen molar-refractivity contribution in [2.75, 3.05) is 0 Å². The second kappa shape index (κ2) is 3.55. The number of aromatic nitrogens is 3. The van der Waals surface area contributed by atoms with Gasteiger partial charge in [0.2, 0.25) is 0 Å². The molecule has 0 radical (unpaired) electrons. The lowest BCUT2D eigenvalue weighted by Crippen LogP contribution is -1.82. The van der Waals surface area contributed by atoms with E-state index in [1.165, 1.54) is 0 Å². The van der Waals surface area contributed by atoms with E-state index >= 15 is 0 Å². The molecule has 13 heavy (non-hydrogen) atoms. The van der Waals surface area contributed by atoms with Crippen molar-refractivity contribution < 1.29 is 4.42 Å². The van der Waals surface area contributed by atoms with Crippen molar-refractivity contribution in [3.05, 3.63) is 27.6 Å². The maximum atomic E-state index is 5.13. The average molecular weight is 305 g/mol. The average Bonchev–Trinajstić information content (AvgIpc) is 2.53. The Bertz CT molecular complexity index is 412. The molecule has 6 heteroatoms. The number of hydrogen-bond acceptors (Lipinski definition) is 4. The largest absolute Gasteiger partial charge is 0.409 e. The van der Waals surface area contributed by atoms with Crippen molar-refractivity contribution in [1.29, 1.82) is 0 Å². The van der Waals surface area contributed by atoms with Gasteiger partial charge in [-0.25, -0.2) is 4.98 Å². The number of pyridine rings is 1. The molecule has 0 saturated heterocycles. The van der Waals surface area contributed by atoms with E-state index < -0.39 is 0 Å². The SMILES string of the molecule is Brc1ccc(-c2nnc(Br)o2)nc1. The summed E-state index contributed by atoms with van der Waals surface area (Å²) >= 11 is 6.35. The second-order valence-electron chi connectivity index (χ2n) is 2.22. The van der Waals surface area contributed by atoms with Crippen LogP contribution in [0.2, 0.25) is 0 Å². The van der Waals surface area contributed by atoms with Crippen molar-refractivity contribution in [2.45, 2.75) is 0 Å². The molecule has 2 aromatic heterocycles. The van der Waals surface area contributed by atoms with Crippen LogP contribution in [0.15, 0.2) is 32.0 Å². The van der Waals surface area contributed by atoms with Gasteiger partial charge in [-0.2, -0.15) is 0 Å². The highest BCUT2D eigenvalue weighted by atomic mass is 79.9. The van der Waals surface area contributed by atoms with Crippen LogP contribution in [0.4, 0.5) is 0 Å². The van der Waals surface area contributed by atoms with Crippen LogP contribution < -0.4 is 0 Å². The van der Waals surface area contributed by atoms with E-state index in [1.54, 1.807) is 12.3 Å². The smallest absolute Gasteiger partial charge is 0.285 e. The molecule has 0 aliphatic heterocycles. The monoisotopic (exact) mass is 303 g/mol. The van der Waals surface area contributed by atoms with E-state index in [-0.39, 0.29) is 0 Å². The zero-order valence-corrected chi connectivity index (χ0v) is 9.41. The van der Waals surface area contributed by atoms with Crippen LogP contribution in [-0.4, -0.2) is 15.2 Å². The third-order valence-corrected chi connectivity index (χ3v) is 2.14. The molecule has 0 aliphatic carbocycles. The highest BCUT2D eigenvalue weighted by Crippen LogP contribution is 2.19. The van der Waals surface area contributed by atoms with Gasteiger partial charge >= 0.3 is 0 Å². The van der Waals surface area contributed by atoms with Crippen molar-refractivity contribution in [3.63, 3.8) is 0 Å². The molecule has 4 nitrogen and oxygen atoms in total. The summed E-state index contributed by atoms with van der Waals surface area (Å²) in [6, 6.07) is 3.66. The zero-order valence-electron chi connectivity index (χ0n) is 6.24. The van der Waals surface area contributed by atoms with Crippen LogP contribution in [-0.2, 0) is 0 Å². The molecule has 0 unspecified atom stereocenters. The molecule has 2 rings (SSSR count). The first kappa shape index (κ1) is 8.83. The minimum absolute atomic E-state index is 0.354. The number of halogens is 2. The number of nitrogens with zero attached hydrogens (tertiary/aromatic N) is 3. The molecule has 0 aliphatic rings. The van der Waals surface area contributed by atoms with Crippen LogP contribution in [0.5, 0.6) is 0 Å². The summed E-state index contributed by atoms with van der Waals surface area (Å²) < 4.78 is 6.04. The number of hydrogen-bond donors (Lipinski definition) is 0. The third kappa shape index (κ3) is 1.94. The lowest BCUT2D eigenvalue weighted by atomic mass is 10.3.